The zero-order valence-corrected chi connectivity index (χ0v) is 13.5. The molecule has 126 valence electrons. The summed E-state index contributed by atoms with van der Waals surface area (Å²) in [6.07, 6.45) is -4.48. The summed E-state index contributed by atoms with van der Waals surface area (Å²) in [5.41, 5.74) is 1.45. The van der Waals surface area contributed by atoms with Crippen molar-refractivity contribution in [2.24, 2.45) is 0 Å². The van der Waals surface area contributed by atoms with E-state index in [1.165, 1.54) is 0 Å². The third kappa shape index (κ3) is 10.9. The highest BCUT2D eigenvalue weighted by Gasteiger charge is 2.26. The largest absolute Gasteiger partial charge is 0.462 e. The van der Waals surface area contributed by atoms with E-state index in [1.54, 1.807) is 24.3 Å². The highest BCUT2D eigenvalue weighted by atomic mass is 19.4. The van der Waals surface area contributed by atoms with Gasteiger partial charge in [0.2, 0.25) is 0 Å². The van der Waals surface area contributed by atoms with Crippen LogP contribution in [0.15, 0.2) is 37.4 Å². The number of aryl methyl sites for hydroxylation is 1. The summed E-state index contributed by atoms with van der Waals surface area (Å²) in [7, 11) is 0. The number of benzene rings is 1. The summed E-state index contributed by atoms with van der Waals surface area (Å²) in [5, 5.41) is 0. The Morgan fingerprint density at radius 1 is 1.14 bits per heavy atom. The number of ether oxygens (including phenoxy) is 1. The summed E-state index contributed by atoms with van der Waals surface area (Å²) >= 11 is 0. The molecule has 2 nitrogen and oxygen atoms in total. The minimum atomic E-state index is -4.20. The van der Waals surface area contributed by atoms with Gasteiger partial charge in [-0.05, 0) is 30.5 Å². The van der Waals surface area contributed by atoms with E-state index in [0.717, 1.165) is 12.0 Å². The quantitative estimate of drug-likeness (QED) is 0.402. The van der Waals surface area contributed by atoms with Gasteiger partial charge in [0.05, 0.1) is 12.2 Å². The number of carbonyl (C=O) groups excluding carboxylic acids is 1. The third-order valence-electron chi connectivity index (χ3n) is 2.44. The molecule has 0 bridgehead atoms. The molecule has 0 radical (unpaired) electrons. The van der Waals surface area contributed by atoms with Crippen LogP contribution in [0.1, 0.15) is 49.5 Å². The summed E-state index contributed by atoms with van der Waals surface area (Å²) in [6.45, 7) is 11.8. The molecular weight excluding hydrogens is 293 g/mol. The SMILES string of the molecule is C=C.CC.CCc1ccc(C(=O)OCCCC(F)(F)F)cc1. The lowest BCUT2D eigenvalue weighted by atomic mass is 10.1. The fourth-order valence-electron chi connectivity index (χ4n) is 1.40. The number of hydrogen-bond donors (Lipinski definition) is 0. The number of esters is 1. The number of rotatable bonds is 5. The van der Waals surface area contributed by atoms with Crippen LogP contribution >= 0.6 is 0 Å². The summed E-state index contributed by atoms with van der Waals surface area (Å²) in [6, 6.07) is 6.83. The van der Waals surface area contributed by atoms with Gasteiger partial charge in [-0.15, -0.1) is 13.2 Å². The minimum Gasteiger partial charge on any atom is -0.462 e. The molecule has 0 saturated carbocycles. The second-order valence-corrected chi connectivity index (χ2v) is 3.91. The average molecular weight is 318 g/mol. The standard InChI is InChI=1S/C13H15F3O2.C2H6.C2H4/c1-2-10-4-6-11(7-5-10)12(17)18-9-3-8-13(14,15)16;2*1-2/h4-7H,2-3,8-9H2,1H3;1-2H3;1-2H2. The number of carbonyl (C=O) groups is 1. The van der Waals surface area contributed by atoms with Crippen LogP contribution in [-0.4, -0.2) is 18.8 Å². The topological polar surface area (TPSA) is 26.3 Å². The molecule has 0 heterocycles. The first-order chi connectivity index (χ1) is 10.4. The maximum absolute atomic E-state index is 11.8. The Labute approximate surface area is 131 Å². The molecule has 0 atom stereocenters. The molecule has 0 fully saturated rings. The van der Waals surface area contributed by atoms with Gasteiger partial charge in [-0.1, -0.05) is 32.9 Å². The molecule has 0 aliphatic rings. The van der Waals surface area contributed by atoms with E-state index in [-0.39, 0.29) is 13.0 Å². The minimum absolute atomic E-state index is 0.206. The molecule has 0 aliphatic carbocycles. The van der Waals surface area contributed by atoms with Gasteiger partial charge in [-0.2, -0.15) is 13.2 Å². The molecule has 0 N–H and O–H groups in total. The van der Waals surface area contributed by atoms with E-state index < -0.39 is 18.6 Å². The Morgan fingerprint density at radius 3 is 2.05 bits per heavy atom. The first-order valence-electron chi connectivity index (χ1n) is 7.25. The highest BCUT2D eigenvalue weighted by molar-refractivity contribution is 5.89. The van der Waals surface area contributed by atoms with Crippen molar-refractivity contribution in [2.45, 2.75) is 46.2 Å². The molecule has 1 rings (SSSR count). The number of halogens is 3. The molecule has 1 aromatic rings. The van der Waals surface area contributed by atoms with Crippen LogP contribution in [0.25, 0.3) is 0 Å². The molecule has 0 unspecified atom stereocenters. The molecular formula is C17H25F3O2. The molecule has 22 heavy (non-hydrogen) atoms. The average Bonchev–Trinajstić information content (AvgIpc) is 2.54. The zero-order chi connectivity index (χ0) is 17.6. The van der Waals surface area contributed by atoms with E-state index in [2.05, 4.69) is 13.2 Å². The Bertz CT molecular complexity index is 397. The van der Waals surface area contributed by atoms with Gasteiger partial charge in [0, 0.05) is 6.42 Å². The maximum atomic E-state index is 11.8. The predicted molar refractivity (Wildman–Crippen MR) is 84.0 cm³/mol. The van der Waals surface area contributed by atoms with Gasteiger partial charge in [0.1, 0.15) is 0 Å². The van der Waals surface area contributed by atoms with Gasteiger partial charge in [0.25, 0.3) is 0 Å². The van der Waals surface area contributed by atoms with Crippen LogP contribution in [0.3, 0.4) is 0 Å². The number of hydrogen-bond acceptors (Lipinski definition) is 2. The van der Waals surface area contributed by atoms with Crippen molar-refractivity contribution in [3.05, 3.63) is 48.6 Å². The normalized spacial score (nSPS) is 9.73. The third-order valence-corrected chi connectivity index (χ3v) is 2.44. The lowest BCUT2D eigenvalue weighted by Gasteiger charge is -2.07. The van der Waals surface area contributed by atoms with Crippen LogP contribution in [0.4, 0.5) is 13.2 Å². The van der Waals surface area contributed by atoms with Crippen molar-refractivity contribution in [1.29, 1.82) is 0 Å². The summed E-state index contributed by atoms with van der Waals surface area (Å²) < 4.78 is 40.3. The van der Waals surface area contributed by atoms with Crippen LogP contribution in [-0.2, 0) is 11.2 Å². The number of alkyl halides is 3. The maximum Gasteiger partial charge on any atom is 0.389 e. The van der Waals surface area contributed by atoms with Gasteiger partial charge < -0.3 is 4.74 Å². The van der Waals surface area contributed by atoms with Crippen LogP contribution < -0.4 is 0 Å². The van der Waals surface area contributed by atoms with Crippen molar-refractivity contribution in [1.82, 2.24) is 0 Å². The molecule has 0 aromatic heterocycles. The van der Waals surface area contributed by atoms with Gasteiger partial charge >= 0.3 is 12.1 Å². The van der Waals surface area contributed by atoms with Gasteiger partial charge in [-0.25, -0.2) is 4.79 Å². The van der Waals surface area contributed by atoms with Crippen LogP contribution in [0, 0.1) is 0 Å². The molecule has 0 amide bonds. The van der Waals surface area contributed by atoms with Crippen molar-refractivity contribution >= 4 is 5.97 Å². The lowest BCUT2D eigenvalue weighted by Crippen LogP contribution is -2.11. The van der Waals surface area contributed by atoms with Gasteiger partial charge in [-0.3, -0.25) is 0 Å². The molecule has 1 aromatic carbocycles. The second-order valence-electron chi connectivity index (χ2n) is 3.91. The summed E-state index contributed by atoms with van der Waals surface area (Å²) in [4.78, 5) is 11.5. The van der Waals surface area contributed by atoms with Gasteiger partial charge in [0.15, 0.2) is 0 Å². The monoisotopic (exact) mass is 318 g/mol. The Hall–Kier alpha value is -1.78. The fraction of sp³-hybridized carbons (Fsp3) is 0.471. The fourth-order valence-corrected chi connectivity index (χ4v) is 1.40. The lowest BCUT2D eigenvalue weighted by molar-refractivity contribution is -0.137. The smallest absolute Gasteiger partial charge is 0.389 e. The Balaban J connectivity index is 0. The van der Waals surface area contributed by atoms with Crippen LogP contribution in [0.5, 0.6) is 0 Å². The molecule has 0 aliphatic heterocycles. The van der Waals surface area contributed by atoms with E-state index in [4.69, 9.17) is 4.74 Å². The van der Waals surface area contributed by atoms with Crippen molar-refractivity contribution in [3.8, 4) is 0 Å². The van der Waals surface area contributed by atoms with Crippen molar-refractivity contribution in [3.63, 3.8) is 0 Å². The Morgan fingerprint density at radius 2 is 1.64 bits per heavy atom. The molecule has 0 spiro atoms. The first-order valence-corrected chi connectivity index (χ1v) is 7.25. The zero-order valence-electron chi connectivity index (χ0n) is 13.5. The van der Waals surface area contributed by atoms with Crippen LogP contribution in [0.2, 0.25) is 0 Å². The second kappa shape index (κ2) is 12.9. The van der Waals surface area contributed by atoms with E-state index in [9.17, 15) is 18.0 Å². The van der Waals surface area contributed by atoms with Crippen molar-refractivity contribution < 1.29 is 22.7 Å². The van der Waals surface area contributed by atoms with E-state index >= 15 is 0 Å². The highest BCUT2D eigenvalue weighted by Crippen LogP contribution is 2.21. The molecule has 0 saturated heterocycles. The van der Waals surface area contributed by atoms with E-state index in [0.29, 0.717) is 5.56 Å². The molecule has 5 heteroatoms. The first kappa shape index (κ1) is 22.5. The Kier molecular flexibility index (Phi) is 13.2. The summed E-state index contributed by atoms with van der Waals surface area (Å²) in [5.74, 6) is -0.583. The predicted octanol–water partition coefficient (Wildman–Crippen LogP) is 5.58. The van der Waals surface area contributed by atoms with E-state index in [1.807, 2.05) is 20.8 Å². The van der Waals surface area contributed by atoms with Crippen molar-refractivity contribution in [2.75, 3.05) is 6.61 Å².